The van der Waals surface area contributed by atoms with E-state index >= 15 is 0 Å². The fourth-order valence-corrected chi connectivity index (χ4v) is 5.35. The molecule has 1 aliphatic rings. The summed E-state index contributed by atoms with van der Waals surface area (Å²) in [5.41, 5.74) is 4.00. The van der Waals surface area contributed by atoms with Gasteiger partial charge in [0.1, 0.15) is 6.04 Å². The van der Waals surface area contributed by atoms with Gasteiger partial charge in [0.25, 0.3) is 5.91 Å². The molecule has 4 aromatic carbocycles. The summed E-state index contributed by atoms with van der Waals surface area (Å²) in [6, 6.07) is 35.6. The smallest absolute Gasteiger partial charge is 0.328 e. The van der Waals surface area contributed by atoms with Crippen LogP contribution in [0.5, 0.6) is 0 Å². The van der Waals surface area contributed by atoms with Crippen molar-refractivity contribution < 1.29 is 19.1 Å². The highest BCUT2D eigenvalue weighted by Gasteiger charge is 2.55. The van der Waals surface area contributed by atoms with Crippen molar-refractivity contribution in [1.29, 1.82) is 0 Å². The molecule has 5 rings (SSSR count). The Morgan fingerprint density at radius 3 is 1.82 bits per heavy atom. The minimum absolute atomic E-state index is 0.0126. The number of nitrogens with one attached hydrogen (secondary N) is 1. The topological polar surface area (TPSA) is 72.5 Å². The molecule has 39 heavy (non-hydrogen) atoms. The van der Waals surface area contributed by atoms with E-state index in [4.69, 9.17) is 4.74 Å². The molecule has 0 saturated heterocycles. The minimum atomic E-state index is -0.840. The Morgan fingerprint density at radius 2 is 1.26 bits per heavy atom. The number of rotatable bonds is 10. The number of carbonyl (C=O) groups excluding carboxylic acids is 3. The zero-order chi connectivity index (χ0) is 27.2. The first-order valence-electron chi connectivity index (χ1n) is 13.3. The lowest BCUT2D eigenvalue weighted by Gasteiger charge is -2.17. The fourth-order valence-electron chi connectivity index (χ4n) is 5.35. The molecule has 1 aliphatic carbocycles. The second kappa shape index (κ2) is 11.9. The lowest BCUT2D eigenvalue weighted by atomic mass is 10.00. The van der Waals surface area contributed by atoms with E-state index in [0.29, 0.717) is 17.5 Å². The van der Waals surface area contributed by atoms with Crippen molar-refractivity contribution in [3.63, 3.8) is 0 Å². The predicted molar refractivity (Wildman–Crippen MR) is 151 cm³/mol. The van der Waals surface area contributed by atoms with Gasteiger partial charge in [-0.1, -0.05) is 103 Å². The average molecular weight is 518 g/mol. The van der Waals surface area contributed by atoms with Crippen LogP contribution in [-0.2, 0) is 16.0 Å². The highest BCUT2D eigenvalue weighted by Crippen LogP contribution is 2.61. The number of ether oxygens (including phenoxy) is 1. The maximum atomic E-state index is 13.8. The molecule has 196 valence electrons. The van der Waals surface area contributed by atoms with Gasteiger partial charge in [-0.2, -0.15) is 0 Å². The molecule has 1 amide bonds. The summed E-state index contributed by atoms with van der Waals surface area (Å²) in [6.07, 6.45) is 0.309. The number of Topliss-reactive ketones (excluding diaryl/α,β-unsaturated/α-hetero) is 1. The van der Waals surface area contributed by atoms with E-state index < -0.39 is 17.9 Å². The van der Waals surface area contributed by atoms with Crippen LogP contribution >= 0.6 is 0 Å². The molecule has 5 heteroatoms. The van der Waals surface area contributed by atoms with Gasteiger partial charge in [0, 0.05) is 35.3 Å². The molecule has 0 heterocycles. The number of amides is 1. The van der Waals surface area contributed by atoms with Crippen LogP contribution in [0.1, 0.15) is 56.2 Å². The summed E-state index contributed by atoms with van der Waals surface area (Å²) >= 11 is 0. The molecule has 5 nitrogen and oxygen atoms in total. The van der Waals surface area contributed by atoms with E-state index in [1.807, 2.05) is 66.7 Å². The summed E-state index contributed by atoms with van der Waals surface area (Å²) in [5, 5.41) is 2.82. The molecule has 3 atom stereocenters. The van der Waals surface area contributed by atoms with E-state index in [1.54, 1.807) is 31.2 Å². The van der Waals surface area contributed by atoms with E-state index in [-0.39, 0.29) is 30.1 Å². The summed E-state index contributed by atoms with van der Waals surface area (Å²) in [6.45, 7) is 1.95. The molecule has 0 aromatic heterocycles. The number of hydrogen-bond donors (Lipinski definition) is 1. The van der Waals surface area contributed by atoms with Gasteiger partial charge in [-0.05, 0) is 35.7 Å². The maximum Gasteiger partial charge on any atom is 0.328 e. The molecule has 1 fully saturated rings. The van der Waals surface area contributed by atoms with Crippen LogP contribution in [0.2, 0.25) is 0 Å². The predicted octanol–water partition coefficient (Wildman–Crippen LogP) is 5.97. The molecule has 1 saturated carbocycles. The molecule has 4 aromatic rings. The lowest BCUT2D eigenvalue weighted by molar-refractivity contribution is -0.145. The van der Waals surface area contributed by atoms with Gasteiger partial charge in [0.2, 0.25) is 0 Å². The Hall–Kier alpha value is -4.51. The number of carbonyl (C=O) groups is 3. The van der Waals surface area contributed by atoms with E-state index in [1.165, 1.54) is 0 Å². The largest absolute Gasteiger partial charge is 0.464 e. The van der Waals surface area contributed by atoms with Crippen molar-refractivity contribution in [1.82, 2.24) is 5.32 Å². The van der Waals surface area contributed by atoms with Crippen LogP contribution < -0.4 is 5.32 Å². The summed E-state index contributed by atoms with van der Waals surface area (Å²) in [4.78, 5) is 39.7. The highest BCUT2D eigenvalue weighted by atomic mass is 16.5. The number of ketones is 1. The summed E-state index contributed by atoms with van der Waals surface area (Å²) in [5.74, 6) is -0.947. The average Bonchev–Trinajstić information content (AvgIpc) is 3.74. The molecule has 0 unspecified atom stereocenters. The van der Waals surface area contributed by atoms with Crippen LogP contribution in [0.4, 0.5) is 0 Å². The first-order valence-corrected chi connectivity index (χ1v) is 13.3. The normalized spacial score (nSPS) is 18.5. The minimum Gasteiger partial charge on any atom is -0.464 e. The van der Waals surface area contributed by atoms with Crippen molar-refractivity contribution in [2.24, 2.45) is 5.92 Å². The molecular formula is C34H31NO4. The molecule has 1 N–H and O–H groups in total. The van der Waals surface area contributed by atoms with Crippen molar-refractivity contribution in [2.45, 2.75) is 31.2 Å². The first kappa shape index (κ1) is 26.1. The van der Waals surface area contributed by atoms with Gasteiger partial charge in [-0.25, -0.2) is 4.79 Å². The van der Waals surface area contributed by atoms with Crippen molar-refractivity contribution >= 4 is 17.7 Å². The molecule has 0 bridgehead atoms. The molecule has 0 radical (unpaired) electrons. The first-order chi connectivity index (χ1) is 19.1. The Labute approximate surface area is 228 Å². The number of esters is 1. The maximum absolute atomic E-state index is 13.8. The van der Waals surface area contributed by atoms with Gasteiger partial charge in [0.15, 0.2) is 5.78 Å². The zero-order valence-corrected chi connectivity index (χ0v) is 21.8. The van der Waals surface area contributed by atoms with Gasteiger partial charge in [0.05, 0.1) is 6.61 Å². The van der Waals surface area contributed by atoms with Gasteiger partial charge < -0.3 is 10.1 Å². The van der Waals surface area contributed by atoms with Crippen LogP contribution in [0.15, 0.2) is 115 Å². The van der Waals surface area contributed by atoms with E-state index in [9.17, 15) is 14.4 Å². The molecule has 0 aliphatic heterocycles. The van der Waals surface area contributed by atoms with Crippen LogP contribution in [0, 0.1) is 5.92 Å². The molecular weight excluding hydrogens is 486 g/mol. The van der Waals surface area contributed by atoms with Gasteiger partial charge in [-0.15, -0.1) is 0 Å². The number of hydrogen-bond acceptors (Lipinski definition) is 4. The van der Waals surface area contributed by atoms with Crippen molar-refractivity contribution in [2.75, 3.05) is 6.61 Å². The Bertz CT molecular complexity index is 1390. The third kappa shape index (κ3) is 5.99. The van der Waals surface area contributed by atoms with Crippen molar-refractivity contribution in [3.8, 4) is 0 Å². The Kier molecular flexibility index (Phi) is 7.97. The second-order valence-electron chi connectivity index (χ2n) is 9.81. The zero-order valence-electron chi connectivity index (χ0n) is 21.8. The van der Waals surface area contributed by atoms with Gasteiger partial charge >= 0.3 is 5.97 Å². The highest BCUT2D eigenvalue weighted by molar-refractivity contribution is 6.04. The van der Waals surface area contributed by atoms with Crippen LogP contribution in [-0.4, -0.2) is 30.3 Å². The summed E-state index contributed by atoms with van der Waals surface area (Å²) < 4.78 is 5.21. The third-order valence-corrected chi connectivity index (χ3v) is 7.26. The Morgan fingerprint density at radius 1 is 0.718 bits per heavy atom. The van der Waals surface area contributed by atoms with Crippen molar-refractivity contribution in [3.05, 3.63) is 143 Å². The molecule has 0 spiro atoms. The lowest BCUT2D eigenvalue weighted by Crippen LogP contribution is -2.43. The SMILES string of the molecule is CCOC(=O)[C@H](Cc1ccccc1)NC(=O)c1cccc(C(=O)C2[C@H](c3ccccc3)[C@H]2c2ccccc2)c1. The summed E-state index contributed by atoms with van der Waals surface area (Å²) in [7, 11) is 0. The fraction of sp³-hybridized carbons (Fsp3) is 0.206. The number of benzene rings is 4. The standard InChI is InChI=1S/C34H31NO4/c1-2-39-34(38)28(21-23-13-6-3-7-14-23)35-33(37)27-20-12-19-26(22-27)32(36)31-29(24-15-8-4-9-16-24)30(31)25-17-10-5-11-18-25/h3-20,22,28-31H,2,21H2,1H3,(H,35,37)/t28-,29+,30+/m0/s1. The van der Waals surface area contributed by atoms with Crippen LogP contribution in [0.3, 0.4) is 0 Å². The Balaban J connectivity index is 1.36. The van der Waals surface area contributed by atoms with Gasteiger partial charge in [-0.3, -0.25) is 9.59 Å². The van der Waals surface area contributed by atoms with E-state index in [2.05, 4.69) is 29.6 Å². The quantitative estimate of drug-likeness (QED) is 0.208. The van der Waals surface area contributed by atoms with E-state index in [0.717, 1.165) is 16.7 Å². The van der Waals surface area contributed by atoms with Crippen LogP contribution in [0.25, 0.3) is 0 Å². The third-order valence-electron chi connectivity index (χ3n) is 7.26. The monoisotopic (exact) mass is 517 g/mol. The second-order valence-corrected chi connectivity index (χ2v) is 9.81.